The second-order valence-electron chi connectivity index (χ2n) is 19.0. The van der Waals surface area contributed by atoms with Gasteiger partial charge in [0, 0.05) is 44.1 Å². The van der Waals surface area contributed by atoms with E-state index in [1.54, 1.807) is 5.57 Å². The molecule has 0 saturated heterocycles. The fourth-order valence-electron chi connectivity index (χ4n) is 12.9. The molecule has 8 aromatic rings. The summed E-state index contributed by atoms with van der Waals surface area (Å²) < 4.78 is 2.42. The molecular weight excluding hydrogens is 737 g/mol. The zero-order chi connectivity index (χ0) is 41.5. The Balaban J connectivity index is 1.14. The molecule has 61 heavy (non-hydrogen) atoms. The molecule has 0 fully saturated rings. The molecule has 296 valence electrons. The molecule has 4 aliphatic rings. The Morgan fingerprint density at radius 1 is 0.508 bits per heavy atom. The summed E-state index contributed by atoms with van der Waals surface area (Å²) in [6, 6.07) is 63.1. The molecule has 4 unspecified atom stereocenters. The maximum atomic E-state index is 2.69. The Kier molecular flexibility index (Phi) is 7.40. The van der Waals surface area contributed by atoms with Crippen molar-refractivity contribution in [3.8, 4) is 27.9 Å². The fraction of sp³-hybridized carbons (Fsp3) is 0.186. The van der Waals surface area contributed by atoms with Crippen LogP contribution in [-0.4, -0.2) is 10.1 Å². The van der Waals surface area contributed by atoms with E-state index in [0.717, 1.165) is 0 Å². The Morgan fingerprint density at radius 2 is 1.13 bits per heavy atom. The van der Waals surface area contributed by atoms with E-state index in [9.17, 15) is 0 Å². The van der Waals surface area contributed by atoms with Crippen LogP contribution in [0, 0.1) is 5.92 Å². The number of fused-ring (bicyclic) bond motifs is 3. The number of anilines is 2. The van der Waals surface area contributed by atoms with E-state index in [4.69, 9.17) is 0 Å². The average Bonchev–Trinajstić information content (AvgIpc) is 3.71. The monoisotopic (exact) mass is 786 g/mol. The highest BCUT2D eigenvalue weighted by Crippen LogP contribution is 2.71. The molecule has 4 atom stereocenters. The van der Waals surface area contributed by atoms with E-state index in [1.165, 1.54) is 89.0 Å². The van der Waals surface area contributed by atoms with Crippen molar-refractivity contribution in [2.45, 2.75) is 63.3 Å². The molecule has 1 aliphatic heterocycles. The van der Waals surface area contributed by atoms with Crippen molar-refractivity contribution < 1.29 is 0 Å². The van der Waals surface area contributed by atoms with Gasteiger partial charge in [-0.1, -0.05) is 160 Å². The summed E-state index contributed by atoms with van der Waals surface area (Å²) in [5.74, 6) is 0.244. The summed E-state index contributed by atoms with van der Waals surface area (Å²) in [5.41, 5.74) is 18.9. The highest BCUT2D eigenvalue weighted by molar-refractivity contribution is 6.10. The summed E-state index contributed by atoms with van der Waals surface area (Å²) in [7, 11) is 0. The molecule has 0 spiro atoms. The normalized spacial score (nSPS) is 24.3. The lowest BCUT2D eigenvalue weighted by Gasteiger charge is -2.60. The first-order chi connectivity index (χ1) is 29.5. The van der Waals surface area contributed by atoms with Crippen LogP contribution in [0.2, 0.25) is 0 Å². The fourth-order valence-corrected chi connectivity index (χ4v) is 12.9. The number of hydrogen-bond acceptors (Lipinski definition) is 1. The largest absolute Gasteiger partial charge is 0.328 e. The van der Waals surface area contributed by atoms with Gasteiger partial charge in [0.15, 0.2) is 0 Å². The summed E-state index contributed by atoms with van der Waals surface area (Å²) in [5, 5.41) is 2.56. The van der Waals surface area contributed by atoms with E-state index in [-0.39, 0.29) is 22.2 Å². The van der Waals surface area contributed by atoms with Gasteiger partial charge in [0.25, 0.3) is 0 Å². The predicted molar refractivity (Wildman–Crippen MR) is 256 cm³/mol. The molecule has 0 bridgehead atoms. The quantitative estimate of drug-likeness (QED) is 0.158. The summed E-state index contributed by atoms with van der Waals surface area (Å²) in [6.45, 7) is 15.0. The molecule has 2 nitrogen and oxygen atoms in total. The summed E-state index contributed by atoms with van der Waals surface area (Å²) >= 11 is 0. The molecule has 12 rings (SSSR count). The number of rotatable bonds is 5. The van der Waals surface area contributed by atoms with Crippen molar-refractivity contribution in [3.05, 3.63) is 221 Å². The number of hydrogen-bond donors (Lipinski definition) is 0. The highest BCUT2D eigenvalue weighted by atomic mass is 15.2. The maximum Gasteiger partial charge on any atom is 0.0833 e. The Bertz CT molecular complexity index is 3200. The third-order valence-corrected chi connectivity index (χ3v) is 15.3. The smallest absolute Gasteiger partial charge is 0.0833 e. The van der Waals surface area contributed by atoms with Crippen molar-refractivity contribution in [3.63, 3.8) is 0 Å². The number of benzene rings is 7. The van der Waals surface area contributed by atoms with Crippen LogP contribution in [0.5, 0.6) is 0 Å². The number of aromatic nitrogens is 1. The van der Waals surface area contributed by atoms with Gasteiger partial charge in [-0.25, -0.2) is 0 Å². The topological polar surface area (TPSA) is 8.17 Å². The Hall–Kier alpha value is -6.64. The van der Waals surface area contributed by atoms with Crippen molar-refractivity contribution in [1.82, 2.24) is 4.57 Å². The molecule has 7 aromatic carbocycles. The van der Waals surface area contributed by atoms with Crippen LogP contribution in [-0.2, 0) is 16.2 Å². The van der Waals surface area contributed by atoms with E-state index in [2.05, 4.69) is 239 Å². The van der Waals surface area contributed by atoms with Crippen molar-refractivity contribution >= 4 is 33.2 Å². The molecule has 0 N–H and O–H groups in total. The van der Waals surface area contributed by atoms with E-state index in [1.807, 2.05) is 0 Å². The molecule has 2 heterocycles. The first kappa shape index (κ1) is 36.2. The standard InChI is InChI=1S/C59H50N2/c1-38-36-51-56(2,3)53-45(41-28-32-49-47(37-41)46-24-16-17-25-48(46)60(49)43-22-14-9-15-23-43)31-33-50-54(53)59(51,6)55-52(38)57(4,42-20-12-8-13-21-42)34-35-58(55,5)61(50)44-29-26-40(27-30-44)39-18-10-7-11-19-39/h7-38H,1-6H3. The van der Waals surface area contributed by atoms with Crippen LogP contribution in [0.4, 0.5) is 11.4 Å². The van der Waals surface area contributed by atoms with Crippen LogP contribution >= 0.6 is 0 Å². The number of nitrogens with zero attached hydrogens (tertiary/aromatic N) is 2. The molecular formula is C59H50N2. The van der Waals surface area contributed by atoms with Crippen molar-refractivity contribution in [2.75, 3.05) is 4.90 Å². The summed E-state index contributed by atoms with van der Waals surface area (Å²) in [6.07, 6.45) is 7.77. The van der Waals surface area contributed by atoms with Crippen LogP contribution in [0.3, 0.4) is 0 Å². The van der Waals surface area contributed by atoms with Crippen LogP contribution in [0.1, 0.15) is 58.2 Å². The maximum absolute atomic E-state index is 2.69. The first-order valence-corrected chi connectivity index (χ1v) is 22.0. The second kappa shape index (κ2) is 12.5. The first-order valence-electron chi connectivity index (χ1n) is 22.0. The van der Waals surface area contributed by atoms with Gasteiger partial charge in [0.05, 0.1) is 16.6 Å². The van der Waals surface area contributed by atoms with Gasteiger partial charge in [-0.3, -0.25) is 0 Å². The SMILES string of the molecule is CC1C=C2C(C)(C)c3c(-c4ccc5c(c4)c4ccccc4n5-c4ccccc4)ccc4c3C2(C)C2=C1C(C)(c1ccccc1)C=CC2(C)N4c1ccc(-c2ccccc2)cc1. The average molecular weight is 787 g/mol. The molecule has 3 aliphatic carbocycles. The Morgan fingerprint density at radius 3 is 1.87 bits per heavy atom. The third kappa shape index (κ3) is 4.68. The lowest BCUT2D eigenvalue weighted by Crippen LogP contribution is -2.58. The van der Waals surface area contributed by atoms with Crippen molar-refractivity contribution in [2.24, 2.45) is 5.92 Å². The van der Waals surface area contributed by atoms with Gasteiger partial charge in [0.1, 0.15) is 0 Å². The van der Waals surface area contributed by atoms with Gasteiger partial charge in [0.2, 0.25) is 0 Å². The van der Waals surface area contributed by atoms with E-state index in [0.29, 0.717) is 0 Å². The molecule has 0 radical (unpaired) electrons. The van der Waals surface area contributed by atoms with Gasteiger partial charge in [-0.2, -0.15) is 0 Å². The molecule has 1 aromatic heterocycles. The second-order valence-corrected chi connectivity index (χ2v) is 19.0. The van der Waals surface area contributed by atoms with Gasteiger partial charge in [-0.05, 0) is 131 Å². The van der Waals surface area contributed by atoms with Crippen molar-refractivity contribution in [1.29, 1.82) is 0 Å². The highest BCUT2D eigenvalue weighted by Gasteiger charge is 2.65. The number of allylic oxidation sites excluding steroid dienone is 4. The Labute approximate surface area is 359 Å². The lowest BCUT2D eigenvalue weighted by molar-refractivity contribution is 0.417. The molecule has 2 heteroatoms. The van der Waals surface area contributed by atoms with Crippen LogP contribution < -0.4 is 4.90 Å². The zero-order valence-electron chi connectivity index (χ0n) is 35.9. The van der Waals surface area contributed by atoms with E-state index >= 15 is 0 Å². The minimum atomic E-state index is -0.412. The third-order valence-electron chi connectivity index (χ3n) is 15.3. The minimum absolute atomic E-state index is 0.229. The molecule has 0 saturated carbocycles. The summed E-state index contributed by atoms with van der Waals surface area (Å²) in [4.78, 5) is 2.69. The number of para-hydroxylation sites is 2. The van der Waals surface area contributed by atoms with Gasteiger partial charge >= 0.3 is 0 Å². The molecule has 0 amide bonds. The predicted octanol–water partition coefficient (Wildman–Crippen LogP) is 15.0. The van der Waals surface area contributed by atoms with Crippen LogP contribution in [0.25, 0.3) is 49.7 Å². The lowest BCUT2D eigenvalue weighted by atomic mass is 9.50. The van der Waals surface area contributed by atoms with Gasteiger partial charge in [-0.15, -0.1) is 0 Å². The van der Waals surface area contributed by atoms with E-state index < -0.39 is 5.54 Å². The van der Waals surface area contributed by atoms with Crippen LogP contribution in [0.15, 0.2) is 205 Å². The van der Waals surface area contributed by atoms with Gasteiger partial charge < -0.3 is 9.47 Å². The zero-order valence-corrected chi connectivity index (χ0v) is 35.9. The minimum Gasteiger partial charge on any atom is -0.328 e.